The number of aromatic nitrogens is 2. The average molecular weight is 332 g/mol. The van der Waals surface area contributed by atoms with Crippen LogP contribution in [0, 0.1) is 0 Å². The van der Waals surface area contributed by atoms with Gasteiger partial charge in [-0.2, -0.15) is 0 Å². The quantitative estimate of drug-likeness (QED) is 0.587. The van der Waals surface area contributed by atoms with E-state index in [-0.39, 0.29) is 17.3 Å². The molecule has 0 spiro atoms. The Bertz CT molecular complexity index is 673. The van der Waals surface area contributed by atoms with Gasteiger partial charge in [0.1, 0.15) is 11.5 Å². The van der Waals surface area contributed by atoms with Gasteiger partial charge in [-0.3, -0.25) is 14.5 Å². The number of nitrogens with zero attached hydrogens (tertiary/aromatic N) is 4. The van der Waals surface area contributed by atoms with Gasteiger partial charge in [0, 0.05) is 52.8 Å². The molecule has 1 aromatic rings. The lowest BCUT2D eigenvalue weighted by Crippen LogP contribution is -2.60. The second-order valence-electron chi connectivity index (χ2n) is 6.75. The van der Waals surface area contributed by atoms with E-state index in [2.05, 4.69) is 16.8 Å². The number of amides is 1. The van der Waals surface area contributed by atoms with Crippen LogP contribution in [0.15, 0.2) is 18.3 Å². The molecular formula is C17H24N4O3. The fraction of sp³-hybridized carbons (Fsp3) is 0.588. The van der Waals surface area contributed by atoms with Crippen LogP contribution in [-0.4, -0.2) is 69.9 Å². The van der Waals surface area contributed by atoms with Crippen molar-refractivity contribution in [2.45, 2.75) is 32.5 Å². The largest absolute Gasteiger partial charge is 0.376 e. The summed E-state index contributed by atoms with van der Waals surface area (Å²) in [6, 6.07) is 0. The fourth-order valence-electron chi connectivity index (χ4n) is 3.30. The number of carbonyl (C=O) groups is 2. The molecule has 0 aromatic carbocycles. The van der Waals surface area contributed by atoms with Crippen molar-refractivity contribution in [2.75, 3.05) is 33.3 Å². The van der Waals surface area contributed by atoms with Crippen LogP contribution in [0.25, 0.3) is 0 Å². The molecular weight excluding hydrogens is 308 g/mol. The van der Waals surface area contributed by atoms with Gasteiger partial charge < -0.3 is 14.2 Å². The van der Waals surface area contributed by atoms with Gasteiger partial charge in [-0.1, -0.05) is 6.08 Å². The summed E-state index contributed by atoms with van der Waals surface area (Å²) >= 11 is 0. The molecule has 1 aromatic heterocycles. The fourth-order valence-corrected chi connectivity index (χ4v) is 3.30. The van der Waals surface area contributed by atoms with E-state index in [1.165, 1.54) is 6.92 Å². The first-order valence-electron chi connectivity index (χ1n) is 8.20. The minimum Gasteiger partial charge on any atom is -0.376 e. The molecule has 0 unspecified atom stereocenters. The topological polar surface area (TPSA) is 67.7 Å². The molecule has 7 heteroatoms. The minimum absolute atomic E-state index is 0.00558. The molecule has 2 aliphatic heterocycles. The van der Waals surface area contributed by atoms with E-state index in [1.54, 1.807) is 24.3 Å². The molecule has 1 saturated heterocycles. The first-order chi connectivity index (χ1) is 11.4. The van der Waals surface area contributed by atoms with Crippen LogP contribution in [0.5, 0.6) is 0 Å². The van der Waals surface area contributed by atoms with Gasteiger partial charge in [0.05, 0.1) is 18.3 Å². The summed E-state index contributed by atoms with van der Waals surface area (Å²) in [4.78, 5) is 32.1. The van der Waals surface area contributed by atoms with Crippen LogP contribution in [0.4, 0.5) is 0 Å². The van der Waals surface area contributed by atoms with Crippen molar-refractivity contribution >= 4 is 11.7 Å². The Labute approximate surface area is 141 Å². The highest BCUT2D eigenvalue weighted by molar-refractivity contribution is 5.92. The van der Waals surface area contributed by atoms with Crippen molar-refractivity contribution < 1.29 is 14.3 Å². The standard InChI is InChI=1S/C17H24N4O3/c1-13(22)14-9-18-15-10-20(7-8-21(14)15)16(23)5-4-6-19-11-17(2,12-19)24-3/h4-5,9H,6-8,10-12H2,1-3H3/b5-4+. The van der Waals surface area contributed by atoms with Gasteiger partial charge >= 0.3 is 0 Å². The number of Topliss-reactive ketones (excluding diaryl/α,β-unsaturated/α-hetero) is 1. The first-order valence-corrected chi connectivity index (χ1v) is 8.20. The van der Waals surface area contributed by atoms with Gasteiger partial charge in [-0.05, 0) is 6.92 Å². The lowest BCUT2D eigenvalue weighted by Gasteiger charge is -2.46. The van der Waals surface area contributed by atoms with Gasteiger partial charge in [-0.15, -0.1) is 0 Å². The molecule has 3 heterocycles. The maximum Gasteiger partial charge on any atom is 0.246 e. The van der Waals surface area contributed by atoms with Crippen molar-refractivity contribution in [3.63, 3.8) is 0 Å². The van der Waals surface area contributed by atoms with Crippen LogP contribution < -0.4 is 0 Å². The summed E-state index contributed by atoms with van der Waals surface area (Å²) in [5.74, 6) is 0.765. The van der Waals surface area contributed by atoms with Crippen LogP contribution in [0.1, 0.15) is 30.2 Å². The zero-order valence-corrected chi connectivity index (χ0v) is 14.5. The number of likely N-dealkylation sites (tertiary alicyclic amines) is 1. The van der Waals surface area contributed by atoms with Gasteiger partial charge in [0.2, 0.25) is 5.91 Å². The highest BCUT2D eigenvalue weighted by Crippen LogP contribution is 2.23. The number of carbonyl (C=O) groups excluding carboxylic acids is 2. The number of imidazole rings is 1. The molecule has 0 atom stereocenters. The second-order valence-corrected chi connectivity index (χ2v) is 6.75. The van der Waals surface area contributed by atoms with Crippen molar-refractivity contribution in [2.24, 2.45) is 0 Å². The Morgan fingerprint density at radius 2 is 2.12 bits per heavy atom. The molecule has 7 nitrogen and oxygen atoms in total. The summed E-state index contributed by atoms with van der Waals surface area (Å²) < 4.78 is 7.31. The number of ether oxygens (including phenoxy) is 1. The lowest BCUT2D eigenvalue weighted by molar-refractivity contribution is -0.127. The monoisotopic (exact) mass is 332 g/mol. The summed E-state index contributed by atoms with van der Waals surface area (Å²) in [5.41, 5.74) is 0.572. The van der Waals surface area contributed by atoms with Gasteiger partial charge in [0.25, 0.3) is 0 Å². The average Bonchev–Trinajstić information content (AvgIpc) is 2.96. The maximum atomic E-state index is 12.3. The van der Waals surface area contributed by atoms with Gasteiger partial charge in [0.15, 0.2) is 5.78 Å². The third kappa shape index (κ3) is 3.27. The van der Waals surface area contributed by atoms with Crippen molar-refractivity contribution in [1.29, 1.82) is 0 Å². The van der Waals surface area contributed by atoms with E-state index in [1.807, 2.05) is 10.6 Å². The third-order valence-electron chi connectivity index (χ3n) is 4.77. The zero-order chi connectivity index (χ0) is 17.3. The summed E-state index contributed by atoms with van der Waals surface area (Å²) in [7, 11) is 1.73. The molecule has 1 amide bonds. The number of hydrogen-bond donors (Lipinski definition) is 0. The van der Waals surface area contributed by atoms with Crippen LogP contribution in [0.3, 0.4) is 0 Å². The minimum atomic E-state index is -0.0454. The van der Waals surface area contributed by atoms with Crippen LogP contribution in [0.2, 0.25) is 0 Å². The van der Waals surface area contributed by atoms with Crippen molar-refractivity contribution in [3.05, 3.63) is 29.9 Å². The summed E-state index contributed by atoms with van der Waals surface area (Å²) in [5, 5.41) is 0. The van der Waals surface area contributed by atoms with E-state index >= 15 is 0 Å². The van der Waals surface area contributed by atoms with E-state index in [4.69, 9.17) is 4.74 Å². The number of fused-ring (bicyclic) bond motifs is 1. The Morgan fingerprint density at radius 3 is 2.79 bits per heavy atom. The zero-order valence-electron chi connectivity index (χ0n) is 14.5. The van der Waals surface area contributed by atoms with Crippen LogP contribution >= 0.6 is 0 Å². The molecule has 0 aliphatic carbocycles. The highest BCUT2D eigenvalue weighted by Gasteiger charge is 2.37. The Hall–Kier alpha value is -1.99. The van der Waals surface area contributed by atoms with E-state index < -0.39 is 0 Å². The third-order valence-corrected chi connectivity index (χ3v) is 4.77. The SMILES string of the molecule is COC1(C)CN(C/C=C/C(=O)N2CCn3c(C(C)=O)cnc3C2)C1. The van der Waals surface area contributed by atoms with E-state index in [0.29, 0.717) is 25.3 Å². The molecule has 24 heavy (non-hydrogen) atoms. The lowest BCUT2D eigenvalue weighted by atomic mass is 9.97. The molecule has 0 saturated carbocycles. The van der Waals surface area contributed by atoms with Gasteiger partial charge in [-0.25, -0.2) is 4.98 Å². The number of rotatable bonds is 5. The Kier molecular flexibility index (Phi) is 4.56. The van der Waals surface area contributed by atoms with Crippen molar-refractivity contribution in [1.82, 2.24) is 19.4 Å². The molecule has 0 bridgehead atoms. The smallest absolute Gasteiger partial charge is 0.246 e. The normalized spacial score (nSPS) is 20.0. The Balaban J connectivity index is 1.51. The maximum absolute atomic E-state index is 12.3. The number of ketones is 1. The molecule has 0 N–H and O–H groups in total. The van der Waals surface area contributed by atoms with Crippen LogP contribution in [-0.2, 0) is 22.6 Å². The number of hydrogen-bond acceptors (Lipinski definition) is 5. The first kappa shape index (κ1) is 16.9. The van der Waals surface area contributed by atoms with E-state index in [9.17, 15) is 9.59 Å². The highest BCUT2D eigenvalue weighted by atomic mass is 16.5. The molecule has 2 aliphatic rings. The molecule has 1 fully saturated rings. The van der Waals surface area contributed by atoms with Crippen molar-refractivity contribution in [3.8, 4) is 0 Å². The molecule has 3 rings (SSSR count). The predicted molar refractivity (Wildman–Crippen MR) is 88.6 cm³/mol. The molecule has 130 valence electrons. The molecule has 0 radical (unpaired) electrons. The second kappa shape index (κ2) is 6.49. The summed E-state index contributed by atoms with van der Waals surface area (Å²) in [6.07, 6.45) is 5.13. The summed E-state index contributed by atoms with van der Waals surface area (Å²) in [6.45, 7) is 7.80. The Morgan fingerprint density at radius 1 is 1.38 bits per heavy atom. The predicted octanol–water partition coefficient (Wildman–Crippen LogP) is 0.705. The number of methoxy groups -OCH3 is 1. The van der Waals surface area contributed by atoms with E-state index in [0.717, 1.165) is 25.5 Å².